The molecule has 3 aromatic rings. The second kappa shape index (κ2) is 16.1. The Bertz CT molecular complexity index is 1640. The van der Waals surface area contributed by atoms with Crippen LogP contribution in [0.25, 0.3) is 10.9 Å². The fourth-order valence-electron chi connectivity index (χ4n) is 7.05. The van der Waals surface area contributed by atoms with Gasteiger partial charge < -0.3 is 35.9 Å². The molecule has 5 N–H and O–H groups in total. The van der Waals surface area contributed by atoms with E-state index in [9.17, 15) is 24.0 Å². The van der Waals surface area contributed by atoms with Gasteiger partial charge in [0.05, 0.1) is 13.2 Å². The number of rotatable bonds is 13. The minimum absolute atomic E-state index is 0.0963. The largest absolute Gasteiger partial charge is 0.467 e. The molecule has 0 aliphatic carbocycles. The van der Waals surface area contributed by atoms with Gasteiger partial charge in [0.1, 0.15) is 24.2 Å². The van der Waals surface area contributed by atoms with Gasteiger partial charge in [0.15, 0.2) is 0 Å². The number of hydrogen-bond donors (Lipinski definition) is 4. The van der Waals surface area contributed by atoms with Crippen molar-refractivity contribution in [1.29, 1.82) is 0 Å². The first-order valence-electron chi connectivity index (χ1n) is 17.2. The van der Waals surface area contributed by atoms with E-state index in [0.717, 1.165) is 22.0 Å². The van der Waals surface area contributed by atoms with Gasteiger partial charge in [0.25, 0.3) is 0 Å². The number of H-pyrrole nitrogens is 1. The number of ether oxygens (including phenoxy) is 1. The molecule has 5 atom stereocenters. The van der Waals surface area contributed by atoms with Crippen LogP contribution in [0.2, 0.25) is 0 Å². The summed E-state index contributed by atoms with van der Waals surface area (Å²) in [6.45, 7) is 4.67. The Balaban J connectivity index is 1.31. The summed E-state index contributed by atoms with van der Waals surface area (Å²) in [5.41, 5.74) is 8.98. The van der Waals surface area contributed by atoms with Crippen molar-refractivity contribution in [1.82, 2.24) is 25.4 Å². The number of fused-ring (bicyclic) bond motifs is 1. The van der Waals surface area contributed by atoms with Crippen LogP contribution in [0.1, 0.15) is 57.1 Å². The summed E-state index contributed by atoms with van der Waals surface area (Å²) in [6, 6.07) is 13.0. The molecule has 2 aliphatic heterocycles. The van der Waals surface area contributed by atoms with E-state index in [1.54, 1.807) is 9.80 Å². The van der Waals surface area contributed by atoms with E-state index in [0.29, 0.717) is 51.6 Å². The van der Waals surface area contributed by atoms with Gasteiger partial charge in [0, 0.05) is 36.6 Å². The Hall–Kier alpha value is -4.71. The summed E-state index contributed by atoms with van der Waals surface area (Å²) in [7, 11) is 1.27. The van der Waals surface area contributed by atoms with Crippen molar-refractivity contribution in [2.75, 3.05) is 20.2 Å². The second-order valence-electron chi connectivity index (χ2n) is 13.5. The molecule has 0 bridgehead atoms. The minimum atomic E-state index is -1.04. The number of carbonyl (C=O) groups is 5. The van der Waals surface area contributed by atoms with Crippen molar-refractivity contribution in [3.63, 3.8) is 0 Å². The van der Waals surface area contributed by atoms with Gasteiger partial charge in [-0.3, -0.25) is 19.2 Å². The average Bonchev–Trinajstić information content (AvgIpc) is 3.87. The van der Waals surface area contributed by atoms with Crippen molar-refractivity contribution >= 4 is 40.5 Å². The number of nitrogens with zero attached hydrogens (tertiary/aromatic N) is 2. The Labute approximate surface area is 287 Å². The summed E-state index contributed by atoms with van der Waals surface area (Å²) < 4.78 is 4.95. The number of nitrogens with one attached hydrogen (secondary N) is 3. The zero-order valence-corrected chi connectivity index (χ0v) is 28.5. The number of nitrogens with two attached hydrogens (primary N) is 1. The van der Waals surface area contributed by atoms with Gasteiger partial charge >= 0.3 is 5.97 Å². The molecular weight excluding hydrogens is 624 g/mol. The van der Waals surface area contributed by atoms with E-state index >= 15 is 0 Å². The number of likely N-dealkylation sites (tertiary alicyclic amines) is 2. The predicted molar refractivity (Wildman–Crippen MR) is 185 cm³/mol. The fourth-order valence-corrected chi connectivity index (χ4v) is 7.05. The molecule has 5 rings (SSSR count). The first-order valence-corrected chi connectivity index (χ1v) is 17.2. The number of methoxy groups -OCH3 is 1. The molecule has 12 heteroatoms. The average molecular weight is 673 g/mol. The third-order valence-corrected chi connectivity index (χ3v) is 9.52. The highest BCUT2D eigenvalue weighted by Gasteiger charge is 2.43. The number of esters is 1. The van der Waals surface area contributed by atoms with E-state index in [4.69, 9.17) is 10.5 Å². The highest BCUT2D eigenvalue weighted by atomic mass is 16.5. The molecule has 3 heterocycles. The molecule has 12 nitrogen and oxygen atoms in total. The van der Waals surface area contributed by atoms with Gasteiger partial charge in [-0.15, -0.1) is 0 Å². The van der Waals surface area contributed by atoms with Crippen LogP contribution in [0.5, 0.6) is 0 Å². The van der Waals surface area contributed by atoms with Gasteiger partial charge in [0.2, 0.25) is 23.6 Å². The molecule has 1 aromatic heterocycles. The maximum absolute atomic E-state index is 14.0. The summed E-state index contributed by atoms with van der Waals surface area (Å²) in [5.74, 6) is -2.01. The van der Waals surface area contributed by atoms with Crippen LogP contribution in [0.4, 0.5) is 0 Å². The molecular formula is C37H48N6O6. The van der Waals surface area contributed by atoms with Crippen LogP contribution in [-0.2, 0) is 41.6 Å². The topological polar surface area (TPSA) is 167 Å². The molecule has 2 fully saturated rings. The highest BCUT2D eigenvalue weighted by Crippen LogP contribution is 2.26. The number of aromatic amines is 1. The first-order chi connectivity index (χ1) is 23.6. The van der Waals surface area contributed by atoms with Crippen molar-refractivity contribution in [2.24, 2.45) is 11.7 Å². The molecule has 2 aliphatic rings. The molecule has 5 unspecified atom stereocenters. The Morgan fingerprint density at radius 2 is 1.55 bits per heavy atom. The van der Waals surface area contributed by atoms with E-state index in [2.05, 4.69) is 15.6 Å². The number of benzene rings is 2. The molecule has 262 valence electrons. The lowest BCUT2D eigenvalue weighted by Gasteiger charge is -2.32. The zero-order chi connectivity index (χ0) is 35.1. The Morgan fingerprint density at radius 3 is 2.27 bits per heavy atom. The maximum Gasteiger partial charge on any atom is 0.328 e. The Kier molecular flexibility index (Phi) is 11.7. The van der Waals surface area contributed by atoms with Crippen LogP contribution in [0, 0.1) is 5.92 Å². The van der Waals surface area contributed by atoms with Crippen molar-refractivity contribution in [3.8, 4) is 0 Å². The second-order valence-corrected chi connectivity index (χ2v) is 13.5. The number of aromatic nitrogens is 1. The fraction of sp³-hybridized carbons (Fsp3) is 0.486. The monoisotopic (exact) mass is 672 g/mol. The van der Waals surface area contributed by atoms with E-state index in [1.165, 1.54) is 7.11 Å². The molecule has 2 aromatic carbocycles. The normalized spacial score (nSPS) is 19.4. The van der Waals surface area contributed by atoms with Gasteiger partial charge in [-0.25, -0.2) is 4.79 Å². The molecule has 0 saturated carbocycles. The number of carbonyl (C=O) groups excluding carboxylic acids is 5. The molecule has 4 amide bonds. The van der Waals surface area contributed by atoms with Gasteiger partial charge in [-0.2, -0.15) is 0 Å². The third kappa shape index (κ3) is 8.48. The maximum atomic E-state index is 14.0. The lowest BCUT2D eigenvalue weighted by molar-refractivity contribution is -0.147. The van der Waals surface area contributed by atoms with Crippen LogP contribution in [-0.4, -0.2) is 94.8 Å². The lowest BCUT2D eigenvalue weighted by Crippen LogP contribution is -2.58. The molecule has 0 radical (unpaired) electrons. The standard InChI is InChI=1S/C37H48N6O6/c1-23(2)19-30(37(48)49-3)41-33(44)29(21-25-22-39-28-14-8-7-13-26(25)28)40-34(45)31-15-9-17-42(31)36(47)32-16-10-18-43(32)35(46)27(38)20-24-11-5-4-6-12-24/h4-8,11-14,22-23,27,29-32,39H,9-10,15-21,38H2,1-3H3,(H,40,45)(H,41,44). The summed E-state index contributed by atoms with van der Waals surface area (Å²) in [4.78, 5) is 74.2. The number of amides is 4. The van der Waals surface area contributed by atoms with Crippen molar-refractivity contribution < 1.29 is 28.7 Å². The zero-order valence-electron chi connectivity index (χ0n) is 28.5. The summed E-state index contributed by atoms with van der Waals surface area (Å²) in [6.07, 6.45) is 4.87. The summed E-state index contributed by atoms with van der Waals surface area (Å²) >= 11 is 0. The van der Waals surface area contributed by atoms with Crippen LogP contribution >= 0.6 is 0 Å². The number of hydrogen-bond acceptors (Lipinski definition) is 7. The van der Waals surface area contributed by atoms with Crippen LogP contribution in [0.15, 0.2) is 60.8 Å². The first kappa shape index (κ1) is 35.6. The van der Waals surface area contributed by atoms with E-state index in [1.807, 2.05) is 74.6 Å². The van der Waals surface area contributed by atoms with Crippen molar-refractivity contribution in [2.45, 2.75) is 89.0 Å². The van der Waals surface area contributed by atoms with Gasteiger partial charge in [-0.05, 0) is 61.6 Å². The van der Waals surface area contributed by atoms with Crippen LogP contribution < -0.4 is 16.4 Å². The van der Waals surface area contributed by atoms with Crippen LogP contribution in [0.3, 0.4) is 0 Å². The smallest absolute Gasteiger partial charge is 0.328 e. The van der Waals surface area contributed by atoms with Gasteiger partial charge in [-0.1, -0.05) is 62.4 Å². The van der Waals surface area contributed by atoms with Crippen molar-refractivity contribution in [3.05, 3.63) is 71.9 Å². The quantitative estimate of drug-likeness (QED) is 0.203. The van der Waals surface area contributed by atoms with E-state index < -0.39 is 48.0 Å². The lowest BCUT2D eigenvalue weighted by atomic mass is 10.0. The summed E-state index contributed by atoms with van der Waals surface area (Å²) in [5, 5.41) is 6.64. The molecule has 2 saturated heterocycles. The molecule has 0 spiro atoms. The minimum Gasteiger partial charge on any atom is -0.467 e. The third-order valence-electron chi connectivity index (χ3n) is 9.52. The predicted octanol–water partition coefficient (Wildman–Crippen LogP) is 2.45. The SMILES string of the molecule is COC(=O)C(CC(C)C)NC(=O)C(Cc1c[nH]c2ccccc12)NC(=O)C1CCCN1C(=O)C1CCCN1C(=O)C(N)Cc1ccccc1. The Morgan fingerprint density at radius 1 is 0.878 bits per heavy atom. The van der Waals surface area contributed by atoms with E-state index in [-0.39, 0.29) is 24.2 Å². The molecule has 49 heavy (non-hydrogen) atoms. The highest BCUT2D eigenvalue weighted by molar-refractivity contribution is 5.96. The number of para-hydroxylation sites is 1.